The first kappa shape index (κ1) is 16.2. The molecular weight excluding hydrogens is 316 g/mol. The first-order chi connectivity index (χ1) is 11.6. The van der Waals surface area contributed by atoms with Crippen LogP contribution in [0, 0.1) is 0 Å². The molecular formula is C18H17F2NO3. The summed E-state index contributed by atoms with van der Waals surface area (Å²) >= 11 is 0. The SMILES string of the molecule is CCCCOc1ccc(C=Nc2ccc3c(c2)OC(F)(F)O3)cc1. The summed E-state index contributed by atoms with van der Waals surface area (Å²) in [6.07, 6.45) is 0.141. The van der Waals surface area contributed by atoms with Gasteiger partial charge in [-0.05, 0) is 48.4 Å². The maximum atomic E-state index is 13.0. The van der Waals surface area contributed by atoms with E-state index < -0.39 is 6.29 Å². The Bertz CT molecular complexity index is 730. The fourth-order valence-corrected chi connectivity index (χ4v) is 2.15. The number of unbranched alkanes of at least 4 members (excludes halogenated alkanes) is 1. The molecule has 0 unspecified atom stereocenters. The van der Waals surface area contributed by atoms with Crippen LogP contribution in [-0.4, -0.2) is 19.1 Å². The van der Waals surface area contributed by atoms with Gasteiger partial charge in [0, 0.05) is 12.3 Å². The minimum atomic E-state index is -3.61. The fourth-order valence-electron chi connectivity index (χ4n) is 2.15. The molecule has 0 bridgehead atoms. The standard InChI is InChI=1S/C18H17F2NO3/c1-2-3-10-22-15-7-4-13(5-8-15)12-21-14-6-9-16-17(11-14)24-18(19,20)23-16/h4-9,11-12H,2-3,10H2,1H3. The maximum Gasteiger partial charge on any atom is 0.586 e. The van der Waals surface area contributed by atoms with E-state index in [2.05, 4.69) is 21.4 Å². The number of hydrogen-bond acceptors (Lipinski definition) is 4. The Morgan fingerprint density at radius 2 is 1.83 bits per heavy atom. The van der Waals surface area contributed by atoms with E-state index in [1.165, 1.54) is 12.1 Å². The average Bonchev–Trinajstić information content (AvgIpc) is 2.87. The van der Waals surface area contributed by atoms with Gasteiger partial charge in [-0.1, -0.05) is 13.3 Å². The molecule has 2 aromatic carbocycles. The second kappa shape index (κ2) is 6.86. The zero-order valence-electron chi connectivity index (χ0n) is 13.2. The van der Waals surface area contributed by atoms with Crippen LogP contribution >= 0.6 is 0 Å². The van der Waals surface area contributed by atoms with Crippen molar-refractivity contribution in [2.24, 2.45) is 4.99 Å². The van der Waals surface area contributed by atoms with Gasteiger partial charge in [-0.15, -0.1) is 8.78 Å². The molecule has 0 saturated carbocycles. The van der Waals surface area contributed by atoms with E-state index in [4.69, 9.17) is 4.74 Å². The van der Waals surface area contributed by atoms with E-state index in [9.17, 15) is 8.78 Å². The third-order valence-electron chi connectivity index (χ3n) is 3.39. The molecule has 0 atom stereocenters. The number of halogens is 2. The van der Waals surface area contributed by atoms with E-state index >= 15 is 0 Å². The Kier molecular flexibility index (Phi) is 4.64. The number of rotatable bonds is 6. The molecule has 0 aliphatic carbocycles. The second-order valence-electron chi connectivity index (χ2n) is 5.33. The van der Waals surface area contributed by atoms with E-state index in [-0.39, 0.29) is 11.5 Å². The topological polar surface area (TPSA) is 40.0 Å². The van der Waals surface area contributed by atoms with Gasteiger partial charge in [0.25, 0.3) is 0 Å². The second-order valence-corrected chi connectivity index (χ2v) is 5.33. The lowest BCUT2D eigenvalue weighted by Crippen LogP contribution is -2.25. The molecule has 0 amide bonds. The van der Waals surface area contributed by atoms with Crippen molar-refractivity contribution >= 4 is 11.9 Å². The molecule has 1 aliphatic rings. The van der Waals surface area contributed by atoms with Crippen LogP contribution in [0.3, 0.4) is 0 Å². The average molecular weight is 333 g/mol. The summed E-state index contributed by atoms with van der Waals surface area (Å²) in [6.45, 7) is 2.81. The Morgan fingerprint density at radius 3 is 2.58 bits per heavy atom. The van der Waals surface area contributed by atoms with E-state index in [0.29, 0.717) is 12.3 Å². The molecule has 6 heteroatoms. The number of benzene rings is 2. The molecule has 4 nitrogen and oxygen atoms in total. The highest BCUT2D eigenvalue weighted by Gasteiger charge is 2.43. The summed E-state index contributed by atoms with van der Waals surface area (Å²) in [5, 5.41) is 0. The molecule has 3 rings (SSSR count). The molecule has 0 saturated heterocycles. The van der Waals surface area contributed by atoms with Crippen LogP contribution in [0.2, 0.25) is 0 Å². The number of fused-ring (bicyclic) bond motifs is 1. The van der Waals surface area contributed by atoms with Gasteiger partial charge in [-0.2, -0.15) is 0 Å². The maximum absolute atomic E-state index is 13.0. The predicted molar refractivity (Wildman–Crippen MR) is 86.7 cm³/mol. The van der Waals surface area contributed by atoms with Gasteiger partial charge in [-0.25, -0.2) is 0 Å². The smallest absolute Gasteiger partial charge is 0.494 e. The number of aliphatic imine (C=N–C) groups is 1. The fraction of sp³-hybridized carbons (Fsp3) is 0.278. The lowest BCUT2D eigenvalue weighted by molar-refractivity contribution is -0.286. The summed E-state index contributed by atoms with van der Waals surface area (Å²) < 4.78 is 40.3. The molecule has 0 N–H and O–H groups in total. The van der Waals surface area contributed by atoms with Crippen molar-refractivity contribution in [1.82, 2.24) is 0 Å². The van der Waals surface area contributed by atoms with Gasteiger partial charge in [0.05, 0.1) is 12.3 Å². The van der Waals surface area contributed by atoms with Crippen molar-refractivity contribution in [3.63, 3.8) is 0 Å². The van der Waals surface area contributed by atoms with Crippen LogP contribution in [0.5, 0.6) is 17.2 Å². The number of nitrogens with zero attached hydrogens (tertiary/aromatic N) is 1. The van der Waals surface area contributed by atoms with Gasteiger partial charge < -0.3 is 14.2 Å². The summed E-state index contributed by atoms with van der Waals surface area (Å²) in [5.74, 6) is 0.799. The number of ether oxygens (including phenoxy) is 3. The third-order valence-corrected chi connectivity index (χ3v) is 3.39. The van der Waals surface area contributed by atoms with Crippen LogP contribution in [0.4, 0.5) is 14.5 Å². The van der Waals surface area contributed by atoms with Crippen LogP contribution < -0.4 is 14.2 Å². The quantitative estimate of drug-likeness (QED) is 0.555. The zero-order valence-corrected chi connectivity index (χ0v) is 13.2. The van der Waals surface area contributed by atoms with Crippen molar-refractivity contribution in [2.45, 2.75) is 26.1 Å². The van der Waals surface area contributed by atoms with Gasteiger partial charge in [-0.3, -0.25) is 4.99 Å². The molecule has 0 spiro atoms. The molecule has 24 heavy (non-hydrogen) atoms. The lowest BCUT2D eigenvalue weighted by atomic mass is 10.2. The molecule has 2 aromatic rings. The lowest BCUT2D eigenvalue weighted by Gasteiger charge is -2.04. The van der Waals surface area contributed by atoms with Crippen molar-refractivity contribution < 1.29 is 23.0 Å². The third kappa shape index (κ3) is 4.01. The minimum Gasteiger partial charge on any atom is -0.494 e. The molecule has 0 radical (unpaired) electrons. The highest BCUT2D eigenvalue weighted by atomic mass is 19.3. The molecule has 0 fully saturated rings. The van der Waals surface area contributed by atoms with Crippen molar-refractivity contribution in [1.29, 1.82) is 0 Å². The van der Waals surface area contributed by atoms with Crippen LogP contribution in [0.15, 0.2) is 47.5 Å². The van der Waals surface area contributed by atoms with Crippen molar-refractivity contribution in [2.75, 3.05) is 6.61 Å². The Hall–Kier alpha value is -2.63. The minimum absolute atomic E-state index is 0.00697. The van der Waals surface area contributed by atoms with Crippen LogP contribution in [0.1, 0.15) is 25.3 Å². The number of alkyl halides is 2. The predicted octanol–water partition coefficient (Wildman–Crippen LogP) is 4.94. The first-order valence-electron chi connectivity index (χ1n) is 7.72. The van der Waals surface area contributed by atoms with E-state index in [1.54, 1.807) is 12.3 Å². The highest BCUT2D eigenvalue weighted by Crippen LogP contribution is 2.42. The summed E-state index contributed by atoms with van der Waals surface area (Å²) in [4.78, 5) is 4.26. The van der Waals surface area contributed by atoms with Crippen molar-refractivity contribution in [3.05, 3.63) is 48.0 Å². The van der Waals surface area contributed by atoms with E-state index in [0.717, 1.165) is 24.2 Å². The van der Waals surface area contributed by atoms with E-state index in [1.807, 2.05) is 24.3 Å². The normalized spacial score (nSPS) is 15.0. The summed E-state index contributed by atoms with van der Waals surface area (Å²) in [5.41, 5.74) is 1.37. The van der Waals surface area contributed by atoms with Gasteiger partial charge in [0.2, 0.25) is 0 Å². The Balaban J connectivity index is 1.64. The first-order valence-corrected chi connectivity index (χ1v) is 7.72. The van der Waals surface area contributed by atoms with Gasteiger partial charge in [0.15, 0.2) is 11.5 Å². The number of hydrogen-bond donors (Lipinski definition) is 0. The van der Waals surface area contributed by atoms with Crippen molar-refractivity contribution in [3.8, 4) is 17.2 Å². The van der Waals surface area contributed by atoms with Crippen LogP contribution in [0.25, 0.3) is 0 Å². The molecule has 0 aromatic heterocycles. The Morgan fingerprint density at radius 1 is 1.08 bits per heavy atom. The Labute approximate surface area is 138 Å². The molecule has 126 valence electrons. The summed E-state index contributed by atoms with van der Waals surface area (Å²) in [7, 11) is 0. The van der Waals surface area contributed by atoms with Gasteiger partial charge in [0.1, 0.15) is 5.75 Å². The summed E-state index contributed by atoms with van der Waals surface area (Å²) in [6, 6.07) is 11.9. The highest BCUT2D eigenvalue weighted by molar-refractivity contribution is 5.82. The largest absolute Gasteiger partial charge is 0.586 e. The molecule has 1 aliphatic heterocycles. The molecule has 1 heterocycles. The van der Waals surface area contributed by atoms with Crippen LogP contribution in [-0.2, 0) is 0 Å². The van der Waals surface area contributed by atoms with Gasteiger partial charge >= 0.3 is 6.29 Å². The zero-order chi connectivity index (χ0) is 17.0. The monoisotopic (exact) mass is 333 g/mol.